The molecule has 0 saturated carbocycles. The summed E-state index contributed by atoms with van der Waals surface area (Å²) in [6, 6.07) is 24.5. The van der Waals surface area contributed by atoms with E-state index in [9.17, 15) is 9.59 Å². The number of ether oxygens (including phenoxy) is 1. The molecule has 5 nitrogen and oxygen atoms in total. The molecule has 31 heavy (non-hydrogen) atoms. The zero-order chi connectivity index (χ0) is 22.2. The summed E-state index contributed by atoms with van der Waals surface area (Å²) in [5, 5.41) is 2.91. The van der Waals surface area contributed by atoms with Crippen LogP contribution in [-0.2, 0) is 11.3 Å². The first-order chi connectivity index (χ1) is 15.0. The average molecular weight is 417 g/mol. The molecule has 0 bridgehead atoms. The van der Waals surface area contributed by atoms with Gasteiger partial charge in [-0.05, 0) is 41.3 Å². The monoisotopic (exact) mass is 416 g/mol. The van der Waals surface area contributed by atoms with Crippen molar-refractivity contribution >= 4 is 17.5 Å². The molecule has 3 rings (SSSR count). The number of benzene rings is 3. The highest BCUT2D eigenvalue weighted by molar-refractivity contribution is 6.04. The Balaban J connectivity index is 1.63. The van der Waals surface area contributed by atoms with Crippen molar-refractivity contribution in [2.45, 2.75) is 26.3 Å². The number of nitrogens with one attached hydrogen (secondary N) is 1. The van der Waals surface area contributed by atoms with Gasteiger partial charge in [0.05, 0.1) is 11.3 Å². The van der Waals surface area contributed by atoms with E-state index < -0.39 is 0 Å². The summed E-state index contributed by atoms with van der Waals surface area (Å²) in [7, 11) is 1.65. The van der Waals surface area contributed by atoms with Crippen LogP contribution in [0, 0.1) is 0 Å². The minimum Gasteiger partial charge on any atom is -0.484 e. The Labute approximate surface area is 183 Å². The Morgan fingerprint density at radius 3 is 2.23 bits per heavy atom. The van der Waals surface area contributed by atoms with Gasteiger partial charge in [0.2, 0.25) is 0 Å². The molecule has 0 atom stereocenters. The minimum absolute atomic E-state index is 0.114. The van der Waals surface area contributed by atoms with Crippen molar-refractivity contribution in [3.63, 3.8) is 0 Å². The summed E-state index contributed by atoms with van der Waals surface area (Å²) in [4.78, 5) is 26.9. The normalized spacial score (nSPS) is 10.6. The summed E-state index contributed by atoms with van der Waals surface area (Å²) in [6.07, 6.45) is 0. The lowest BCUT2D eigenvalue weighted by Gasteiger charge is -2.20. The Hall–Kier alpha value is -3.60. The van der Waals surface area contributed by atoms with Gasteiger partial charge in [0, 0.05) is 13.6 Å². The molecule has 0 aliphatic rings. The van der Waals surface area contributed by atoms with Gasteiger partial charge in [-0.25, -0.2) is 0 Å². The maximum Gasteiger partial charge on any atom is 0.264 e. The standard InChI is InChI=1S/C26H28N2O3/c1-19(2)21-13-15-22(16-14-21)31-18-25(29)28(3)24-12-8-7-11-23(24)26(30)27-17-20-9-5-4-6-10-20/h4-16,19H,17-18H2,1-3H3,(H,27,30). The van der Waals surface area contributed by atoms with Gasteiger partial charge in [-0.15, -0.1) is 0 Å². The van der Waals surface area contributed by atoms with Crippen LogP contribution < -0.4 is 15.0 Å². The van der Waals surface area contributed by atoms with Gasteiger partial charge in [-0.2, -0.15) is 0 Å². The van der Waals surface area contributed by atoms with Crippen LogP contribution in [0.4, 0.5) is 5.69 Å². The molecule has 0 heterocycles. The fraction of sp³-hybridized carbons (Fsp3) is 0.231. The van der Waals surface area contributed by atoms with Crippen LogP contribution in [0.5, 0.6) is 5.75 Å². The van der Waals surface area contributed by atoms with Crippen LogP contribution in [0.2, 0.25) is 0 Å². The molecule has 0 aliphatic heterocycles. The number of hydrogen-bond acceptors (Lipinski definition) is 3. The van der Waals surface area contributed by atoms with E-state index in [-0.39, 0.29) is 18.4 Å². The van der Waals surface area contributed by atoms with E-state index in [2.05, 4.69) is 19.2 Å². The van der Waals surface area contributed by atoms with E-state index in [1.165, 1.54) is 10.5 Å². The number of rotatable bonds is 8. The fourth-order valence-electron chi connectivity index (χ4n) is 3.16. The highest BCUT2D eigenvalue weighted by Gasteiger charge is 2.18. The van der Waals surface area contributed by atoms with Crippen LogP contribution in [-0.4, -0.2) is 25.5 Å². The number of carbonyl (C=O) groups excluding carboxylic acids is 2. The Kier molecular flexibility index (Phi) is 7.44. The third-order valence-electron chi connectivity index (χ3n) is 5.09. The lowest BCUT2D eigenvalue weighted by atomic mass is 10.0. The Morgan fingerprint density at radius 1 is 0.903 bits per heavy atom. The van der Waals surface area contributed by atoms with Crippen molar-refractivity contribution < 1.29 is 14.3 Å². The SMILES string of the molecule is CC(C)c1ccc(OCC(=O)N(C)c2ccccc2C(=O)NCc2ccccc2)cc1. The van der Waals surface area contributed by atoms with Crippen LogP contribution in [0.15, 0.2) is 78.9 Å². The highest BCUT2D eigenvalue weighted by atomic mass is 16.5. The molecule has 0 saturated heterocycles. The first-order valence-corrected chi connectivity index (χ1v) is 10.4. The fourth-order valence-corrected chi connectivity index (χ4v) is 3.16. The van der Waals surface area contributed by atoms with Crippen LogP contribution >= 0.6 is 0 Å². The molecule has 2 amide bonds. The highest BCUT2D eigenvalue weighted by Crippen LogP contribution is 2.21. The average Bonchev–Trinajstić information content (AvgIpc) is 2.81. The zero-order valence-electron chi connectivity index (χ0n) is 18.2. The lowest BCUT2D eigenvalue weighted by Crippen LogP contribution is -2.33. The van der Waals surface area contributed by atoms with Gasteiger partial charge in [-0.3, -0.25) is 9.59 Å². The third kappa shape index (κ3) is 5.95. The van der Waals surface area contributed by atoms with E-state index in [4.69, 9.17) is 4.74 Å². The number of amides is 2. The van der Waals surface area contributed by atoms with Crippen LogP contribution in [0.25, 0.3) is 0 Å². The summed E-state index contributed by atoms with van der Waals surface area (Å²) >= 11 is 0. The number of nitrogens with zero attached hydrogens (tertiary/aromatic N) is 1. The van der Waals surface area contributed by atoms with Gasteiger partial charge < -0.3 is 15.0 Å². The molecule has 0 aliphatic carbocycles. The molecule has 160 valence electrons. The topological polar surface area (TPSA) is 58.6 Å². The summed E-state index contributed by atoms with van der Waals surface area (Å²) in [6.45, 7) is 4.56. The van der Waals surface area contributed by atoms with Crippen molar-refractivity contribution in [2.75, 3.05) is 18.6 Å². The Morgan fingerprint density at radius 2 is 1.55 bits per heavy atom. The van der Waals surface area contributed by atoms with Crippen LogP contribution in [0.1, 0.15) is 41.3 Å². The van der Waals surface area contributed by atoms with Crippen LogP contribution in [0.3, 0.4) is 0 Å². The van der Waals surface area contributed by atoms with Gasteiger partial charge in [0.1, 0.15) is 5.75 Å². The quantitative estimate of drug-likeness (QED) is 0.575. The third-order valence-corrected chi connectivity index (χ3v) is 5.09. The molecule has 0 radical (unpaired) electrons. The molecular weight excluding hydrogens is 388 g/mol. The molecule has 0 fully saturated rings. The second-order valence-electron chi connectivity index (χ2n) is 7.65. The number of carbonyl (C=O) groups is 2. The first kappa shape index (κ1) is 22.1. The maximum atomic E-state index is 12.8. The number of likely N-dealkylation sites (N-methyl/N-ethyl adjacent to an activating group) is 1. The minimum atomic E-state index is -0.240. The summed E-state index contributed by atoms with van der Waals surface area (Å²) in [5.41, 5.74) is 3.20. The first-order valence-electron chi connectivity index (χ1n) is 10.4. The van der Waals surface area contributed by atoms with E-state index >= 15 is 0 Å². The smallest absolute Gasteiger partial charge is 0.264 e. The van der Waals surface area contributed by atoms with Gasteiger partial charge >= 0.3 is 0 Å². The van der Waals surface area contributed by atoms with Crippen molar-refractivity contribution in [1.29, 1.82) is 0 Å². The maximum absolute atomic E-state index is 12.8. The molecule has 0 aromatic heterocycles. The number of anilines is 1. The van der Waals surface area contributed by atoms with Gasteiger partial charge in [0.25, 0.3) is 11.8 Å². The Bertz CT molecular complexity index is 1010. The van der Waals surface area contributed by atoms with E-state index in [0.29, 0.717) is 29.5 Å². The molecular formula is C26H28N2O3. The van der Waals surface area contributed by atoms with Crippen molar-refractivity contribution in [3.05, 3.63) is 95.6 Å². The molecule has 1 N–H and O–H groups in total. The van der Waals surface area contributed by atoms with E-state index in [0.717, 1.165) is 5.56 Å². The molecule has 0 unspecified atom stereocenters. The largest absolute Gasteiger partial charge is 0.484 e. The van der Waals surface area contributed by atoms with Gasteiger partial charge in [-0.1, -0.05) is 68.4 Å². The molecule has 3 aromatic carbocycles. The second-order valence-corrected chi connectivity index (χ2v) is 7.65. The molecule has 0 spiro atoms. The van der Waals surface area contributed by atoms with Crippen molar-refractivity contribution in [2.24, 2.45) is 0 Å². The molecule has 3 aromatic rings. The summed E-state index contributed by atoms with van der Waals surface area (Å²) < 4.78 is 5.66. The molecule has 5 heteroatoms. The predicted octanol–water partition coefficient (Wildman–Crippen LogP) is 4.78. The van der Waals surface area contributed by atoms with Crippen molar-refractivity contribution in [3.8, 4) is 5.75 Å². The second kappa shape index (κ2) is 10.4. The lowest BCUT2D eigenvalue weighted by molar-refractivity contribution is -0.120. The van der Waals surface area contributed by atoms with Crippen molar-refractivity contribution in [1.82, 2.24) is 5.32 Å². The van der Waals surface area contributed by atoms with E-state index in [1.807, 2.05) is 54.6 Å². The summed E-state index contributed by atoms with van der Waals surface area (Å²) in [5.74, 6) is 0.604. The van der Waals surface area contributed by atoms with Gasteiger partial charge in [0.15, 0.2) is 6.61 Å². The number of para-hydroxylation sites is 1. The predicted molar refractivity (Wildman–Crippen MR) is 123 cm³/mol. The zero-order valence-corrected chi connectivity index (χ0v) is 18.2. The number of hydrogen-bond donors (Lipinski definition) is 1. The van der Waals surface area contributed by atoms with E-state index in [1.54, 1.807) is 31.3 Å².